The average molecular weight is 796 g/mol. The molecule has 24 nitrogen and oxygen atoms in total. The first-order chi connectivity index (χ1) is 25.8. The predicted molar refractivity (Wildman–Crippen MR) is 173 cm³/mol. The van der Waals surface area contributed by atoms with Gasteiger partial charge in [0.1, 0.15) is 72.8 Å². The van der Waals surface area contributed by atoms with Crippen molar-refractivity contribution in [3.05, 3.63) is 34.4 Å². The van der Waals surface area contributed by atoms with Crippen molar-refractivity contribution in [2.75, 3.05) is 19.8 Å². The molecule has 55 heavy (non-hydrogen) atoms. The van der Waals surface area contributed by atoms with E-state index in [1.54, 1.807) is 0 Å². The molecule has 3 aliphatic rings. The quantitative estimate of drug-likeness (QED) is 0.0580. The third-order valence-corrected chi connectivity index (χ3v) is 9.15. The van der Waals surface area contributed by atoms with Gasteiger partial charge in [-0.25, -0.2) is 4.79 Å². The standard InChI is InChI=1S/C31H45N3O21/c1-11(37)32-19-15(39)7-31(30(46)47,55-27(19)21(41)16(40)8-35)50-10-18-23(43)26(54-29-25(45)24(44)22(42)17(9-36)52-29)20(33-12(2)38)28(53-18)51-14-5-3-13(4-6-14)34(48)49/h3-6,15-29,35-36,39-45H,7-10H2,1-2H3,(H,32,37)(H,33,38)(H,46,47)/t15-,16+,17+,18+,19+,20+,21+,22-,23-,24-,25+,26+,27+,28-,29-,31+/m0/s1. The van der Waals surface area contributed by atoms with Gasteiger partial charge in [-0.2, -0.15) is 0 Å². The molecule has 0 radical (unpaired) electrons. The van der Waals surface area contributed by atoms with E-state index in [2.05, 4.69) is 10.6 Å². The van der Waals surface area contributed by atoms with E-state index >= 15 is 0 Å². The highest BCUT2D eigenvalue weighted by Gasteiger charge is 2.58. The smallest absolute Gasteiger partial charge is 0.364 e. The van der Waals surface area contributed by atoms with Crippen LogP contribution < -0.4 is 15.4 Å². The predicted octanol–water partition coefficient (Wildman–Crippen LogP) is -6.08. The minimum absolute atomic E-state index is 0.0994. The Hall–Kier alpha value is -3.73. The molecule has 3 heterocycles. The number of nitrogens with one attached hydrogen (secondary N) is 2. The van der Waals surface area contributed by atoms with E-state index < -0.39 is 147 Å². The number of aliphatic hydroxyl groups excluding tert-OH is 9. The van der Waals surface area contributed by atoms with Gasteiger partial charge in [0.25, 0.3) is 11.5 Å². The Labute approximate surface area is 310 Å². The molecule has 4 rings (SSSR count). The average Bonchev–Trinajstić information content (AvgIpc) is 3.13. The summed E-state index contributed by atoms with van der Waals surface area (Å²) in [5.74, 6) is -6.41. The Balaban J connectivity index is 1.71. The minimum atomic E-state index is -2.91. The second-order valence-electron chi connectivity index (χ2n) is 13.1. The molecule has 1 aromatic carbocycles. The van der Waals surface area contributed by atoms with Crippen molar-refractivity contribution in [1.82, 2.24) is 10.6 Å². The monoisotopic (exact) mass is 795 g/mol. The molecule has 3 saturated heterocycles. The molecule has 0 aromatic heterocycles. The van der Waals surface area contributed by atoms with Crippen LogP contribution in [0.1, 0.15) is 20.3 Å². The number of carbonyl (C=O) groups excluding carboxylic acids is 2. The number of aliphatic carboxylic acids is 1. The molecule has 3 aliphatic heterocycles. The molecule has 3 fully saturated rings. The number of ether oxygens (including phenoxy) is 6. The Morgan fingerprint density at radius 1 is 0.909 bits per heavy atom. The van der Waals surface area contributed by atoms with E-state index in [1.165, 1.54) is 0 Å². The Morgan fingerprint density at radius 2 is 1.51 bits per heavy atom. The largest absolute Gasteiger partial charge is 0.477 e. The van der Waals surface area contributed by atoms with Crippen LogP contribution in [0.4, 0.5) is 5.69 Å². The second-order valence-corrected chi connectivity index (χ2v) is 13.1. The lowest BCUT2D eigenvalue weighted by molar-refractivity contribution is -0.384. The number of carboxylic acids is 1. The van der Waals surface area contributed by atoms with Gasteiger partial charge < -0.3 is 90.1 Å². The lowest BCUT2D eigenvalue weighted by Gasteiger charge is -2.49. The number of hydrogen-bond donors (Lipinski definition) is 12. The number of hydrogen-bond acceptors (Lipinski definition) is 20. The van der Waals surface area contributed by atoms with Gasteiger partial charge >= 0.3 is 5.97 Å². The van der Waals surface area contributed by atoms with Gasteiger partial charge in [-0.1, -0.05) is 0 Å². The fourth-order valence-corrected chi connectivity index (χ4v) is 6.31. The lowest BCUT2D eigenvalue weighted by Crippen LogP contribution is -2.70. The van der Waals surface area contributed by atoms with Crippen LogP contribution in [0.5, 0.6) is 5.75 Å². The van der Waals surface area contributed by atoms with Gasteiger partial charge in [-0.05, 0) is 12.1 Å². The van der Waals surface area contributed by atoms with Gasteiger partial charge in [-0.3, -0.25) is 19.7 Å². The number of nitrogens with zero attached hydrogens (tertiary/aromatic N) is 1. The number of nitro groups is 1. The molecule has 310 valence electrons. The van der Waals surface area contributed by atoms with E-state index in [4.69, 9.17) is 28.4 Å². The normalized spacial score (nSPS) is 37.6. The summed E-state index contributed by atoms with van der Waals surface area (Å²) in [6.45, 7) is -0.811. The maximum Gasteiger partial charge on any atom is 0.364 e. The summed E-state index contributed by atoms with van der Waals surface area (Å²) >= 11 is 0. The molecular formula is C31H45N3O21. The maximum absolute atomic E-state index is 12.7. The van der Waals surface area contributed by atoms with Gasteiger partial charge in [0.15, 0.2) is 6.29 Å². The van der Waals surface area contributed by atoms with Crippen molar-refractivity contribution in [2.24, 2.45) is 0 Å². The number of aliphatic hydroxyl groups is 9. The highest BCUT2D eigenvalue weighted by atomic mass is 16.8. The van der Waals surface area contributed by atoms with Crippen molar-refractivity contribution in [2.45, 2.75) is 118 Å². The number of benzene rings is 1. The minimum Gasteiger partial charge on any atom is -0.477 e. The number of non-ortho nitro benzene ring substituents is 1. The van der Waals surface area contributed by atoms with Crippen LogP contribution in [0.25, 0.3) is 0 Å². The van der Waals surface area contributed by atoms with Gasteiger partial charge in [0.2, 0.25) is 18.1 Å². The van der Waals surface area contributed by atoms with Crippen molar-refractivity contribution in [1.29, 1.82) is 0 Å². The number of rotatable bonds is 15. The molecule has 0 spiro atoms. The molecule has 16 atom stereocenters. The fraction of sp³-hybridized carbons (Fsp3) is 0.710. The lowest BCUT2D eigenvalue weighted by atomic mass is 9.88. The first-order valence-electron chi connectivity index (χ1n) is 16.8. The van der Waals surface area contributed by atoms with Gasteiger partial charge in [0.05, 0.1) is 36.9 Å². The van der Waals surface area contributed by atoms with E-state index in [-0.39, 0.29) is 11.4 Å². The topological polar surface area (TPSA) is 376 Å². The Morgan fingerprint density at radius 3 is 2.05 bits per heavy atom. The number of carboxylic acid groups (broad SMARTS) is 1. The van der Waals surface area contributed by atoms with Crippen molar-refractivity contribution >= 4 is 23.5 Å². The molecule has 12 N–H and O–H groups in total. The van der Waals surface area contributed by atoms with Crippen LogP contribution >= 0.6 is 0 Å². The molecule has 0 unspecified atom stereocenters. The zero-order chi connectivity index (χ0) is 40.9. The number of nitro benzene ring substituents is 1. The number of carbonyl (C=O) groups is 3. The highest BCUT2D eigenvalue weighted by Crippen LogP contribution is 2.36. The summed E-state index contributed by atoms with van der Waals surface area (Å²) in [6.07, 6.45) is -25.2. The van der Waals surface area contributed by atoms with Crippen LogP contribution in [0.3, 0.4) is 0 Å². The summed E-state index contributed by atoms with van der Waals surface area (Å²) in [7, 11) is 0. The van der Waals surface area contributed by atoms with Crippen LogP contribution in [-0.2, 0) is 38.1 Å². The van der Waals surface area contributed by atoms with Crippen molar-refractivity contribution < 1.29 is 98.8 Å². The fourth-order valence-electron chi connectivity index (χ4n) is 6.31. The SMILES string of the molecule is CC(=O)N[C@H]1[C@@H](Oc2ccc([N+](=O)[O-])cc2)O[C@H](CO[C@]2(C(=O)O)C[C@H](O)[C@@H](NC(C)=O)[C@H]([C@H](O)[C@H](O)CO)O2)[C@H](O)[C@@H]1O[C@@H]1O[C@H](CO)[C@H](O)[C@H](O)[C@H]1O. The van der Waals surface area contributed by atoms with E-state index in [0.717, 1.165) is 38.1 Å². The molecule has 24 heteroatoms. The maximum atomic E-state index is 12.7. The van der Waals surface area contributed by atoms with E-state index in [1.807, 2.05) is 0 Å². The van der Waals surface area contributed by atoms with E-state index in [0.29, 0.717) is 0 Å². The zero-order valence-electron chi connectivity index (χ0n) is 29.2. The Kier molecular flexibility index (Phi) is 14.8. The second kappa shape index (κ2) is 18.5. The Bertz CT molecular complexity index is 1490. The highest BCUT2D eigenvalue weighted by molar-refractivity contribution is 5.76. The molecule has 0 bridgehead atoms. The third-order valence-electron chi connectivity index (χ3n) is 9.15. The van der Waals surface area contributed by atoms with E-state index in [9.17, 15) is 75.6 Å². The summed E-state index contributed by atoms with van der Waals surface area (Å²) in [5, 5.41) is 120. The molecular weight excluding hydrogens is 750 g/mol. The first kappa shape index (κ1) is 44.0. The van der Waals surface area contributed by atoms with Crippen LogP contribution in [0.2, 0.25) is 0 Å². The summed E-state index contributed by atoms with van der Waals surface area (Å²) < 4.78 is 34.3. The first-order valence-corrected chi connectivity index (χ1v) is 16.8. The zero-order valence-corrected chi connectivity index (χ0v) is 29.2. The summed E-state index contributed by atoms with van der Waals surface area (Å²) in [5.41, 5.74) is -0.329. The summed E-state index contributed by atoms with van der Waals surface area (Å²) in [4.78, 5) is 47.6. The van der Waals surface area contributed by atoms with Gasteiger partial charge in [-0.15, -0.1) is 0 Å². The summed E-state index contributed by atoms with van der Waals surface area (Å²) in [6, 6.07) is 1.35. The van der Waals surface area contributed by atoms with Crippen molar-refractivity contribution in [3.63, 3.8) is 0 Å². The molecule has 0 saturated carbocycles. The van der Waals surface area contributed by atoms with Crippen LogP contribution in [-0.4, -0.2) is 191 Å². The third kappa shape index (κ3) is 9.99. The van der Waals surface area contributed by atoms with Crippen molar-refractivity contribution in [3.8, 4) is 5.75 Å². The number of amides is 2. The van der Waals surface area contributed by atoms with Crippen LogP contribution in [0, 0.1) is 10.1 Å². The van der Waals surface area contributed by atoms with Gasteiger partial charge in [0, 0.05) is 32.4 Å². The van der Waals surface area contributed by atoms with Crippen LogP contribution in [0.15, 0.2) is 24.3 Å². The molecule has 1 aromatic rings. The molecule has 2 amide bonds. The molecule has 0 aliphatic carbocycles.